The van der Waals surface area contributed by atoms with Gasteiger partial charge in [-0.25, -0.2) is 0 Å². The van der Waals surface area contributed by atoms with E-state index in [1.807, 2.05) is 6.92 Å². The van der Waals surface area contributed by atoms with Crippen molar-refractivity contribution in [2.45, 2.75) is 125 Å². The second kappa shape index (κ2) is 14.5. The van der Waals surface area contributed by atoms with Crippen molar-refractivity contribution in [3.8, 4) is 0 Å². The highest BCUT2D eigenvalue weighted by molar-refractivity contribution is 6.02. The molecule has 4 aliphatic rings. The van der Waals surface area contributed by atoms with Crippen LogP contribution in [0.15, 0.2) is 46.6 Å². The fourth-order valence-corrected chi connectivity index (χ4v) is 7.64. The summed E-state index contributed by atoms with van der Waals surface area (Å²) in [5.41, 5.74) is 5.32. The zero-order valence-electron chi connectivity index (χ0n) is 25.2. The van der Waals surface area contributed by atoms with E-state index in [1.165, 1.54) is 41.6 Å². The van der Waals surface area contributed by atoms with Crippen LogP contribution in [0.5, 0.6) is 0 Å². The van der Waals surface area contributed by atoms with Crippen molar-refractivity contribution in [3.05, 3.63) is 46.6 Å². The van der Waals surface area contributed by atoms with Gasteiger partial charge in [-0.15, -0.1) is 0 Å². The van der Waals surface area contributed by atoms with E-state index < -0.39 is 5.92 Å². The molecule has 0 heterocycles. The first kappa shape index (κ1) is 30.6. The van der Waals surface area contributed by atoms with Crippen LogP contribution >= 0.6 is 0 Å². The van der Waals surface area contributed by atoms with Crippen molar-refractivity contribution < 1.29 is 14.3 Å². The third-order valence-electron chi connectivity index (χ3n) is 9.30. The average Bonchev–Trinajstić information content (AvgIpc) is 2.83. The predicted molar refractivity (Wildman–Crippen MR) is 159 cm³/mol. The summed E-state index contributed by atoms with van der Waals surface area (Å²) in [5.74, 6) is 1.34. The molecule has 0 N–H and O–H groups in total. The average molecular weight is 523 g/mol. The summed E-state index contributed by atoms with van der Waals surface area (Å²) in [6.07, 6.45) is 23.1. The number of allylic oxidation sites excluding steroid dienone is 8. The third kappa shape index (κ3) is 8.82. The lowest BCUT2D eigenvalue weighted by Gasteiger charge is -2.56. The van der Waals surface area contributed by atoms with E-state index in [-0.39, 0.29) is 17.2 Å². The van der Waals surface area contributed by atoms with E-state index in [0.717, 1.165) is 57.8 Å². The topological polar surface area (TPSA) is 43.4 Å². The minimum atomic E-state index is -0.634. The van der Waals surface area contributed by atoms with E-state index in [1.54, 1.807) is 0 Å². The van der Waals surface area contributed by atoms with Gasteiger partial charge in [0.1, 0.15) is 5.92 Å². The third-order valence-corrected chi connectivity index (χ3v) is 9.30. The lowest BCUT2D eigenvalue weighted by molar-refractivity contribution is -0.160. The first-order valence-corrected chi connectivity index (χ1v) is 15.4. The van der Waals surface area contributed by atoms with Crippen molar-refractivity contribution in [3.63, 3.8) is 0 Å². The summed E-state index contributed by atoms with van der Waals surface area (Å²) in [5, 5.41) is 0. The quantitative estimate of drug-likeness (QED) is 0.122. The molecular weight excluding hydrogens is 468 g/mol. The number of carbonyl (C=O) groups excluding carboxylic acids is 2. The standard InChI is InChI=1S/C35H54O3/c1-7-38-34(37)32(33(36)35-22-29-19-30(23-35)21-31(20-29)24-35)18-17-28(6)16-10-15-27(5)14-9-13-26(4)12-8-11-25(2)3/h11,13,15,17,29-32H,7-10,12,14,16,18-24H2,1-6H3. The second-order valence-electron chi connectivity index (χ2n) is 13.2. The Kier molecular flexibility index (Phi) is 11.7. The summed E-state index contributed by atoms with van der Waals surface area (Å²) in [7, 11) is 0. The molecule has 3 heteroatoms. The second-order valence-corrected chi connectivity index (χ2v) is 13.2. The van der Waals surface area contributed by atoms with Crippen molar-refractivity contribution in [1.82, 2.24) is 0 Å². The molecule has 0 aliphatic heterocycles. The Hall–Kier alpha value is -1.90. The summed E-state index contributed by atoms with van der Waals surface area (Å²) in [4.78, 5) is 26.9. The summed E-state index contributed by atoms with van der Waals surface area (Å²) >= 11 is 0. The van der Waals surface area contributed by atoms with Gasteiger partial charge in [0.25, 0.3) is 0 Å². The SMILES string of the molecule is CCOC(=O)C(CC=C(C)CCC=C(C)CCC=C(C)CCC=C(C)C)C(=O)C12CC3CC(CC(C3)C1)C2. The van der Waals surface area contributed by atoms with Gasteiger partial charge in [-0.1, -0.05) is 46.6 Å². The molecule has 4 saturated carbocycles. The zero-order valence-corrected chi connectivity index (χ0v) is 25.2. The smallest absolute Gasteiger partial charge is 0.316 e. The molecule has 0 aromatic rings. The van der Waals surface area contributed by atoms with Crippen LogP contribution < -0.4 is 0 Å². The molecule has 0 aromatic carbocycles. The number of Topliss-reactive ketones (excluding diaryl/α,β-unsaturated/α-hetero) is 1. The van der Waals surface area contributed by atoms with Gasteiger partial charge in [-0.05, 0) is 143 Å². The maximum Gasteiger partial charge on any atom is 0.316 e. The van der Waals surface area contributed by atoms with Crippen molar-refractivity contribution in [1.29, 1.82) is 0 Å². The minimum Gasteiger partial charge on any atom is -0.465 e. The molecule has 4 fully saturated rings. The van der Waals surface area contributed by atoms with Crippen LogP contribution in [-0.4, -0.2) is 18.4 Å². The van der Waals surface area contributed by atoms with Crippen LogP contribution in [0.25, 0.3) is 0 Å². The van der Waals surface area contributed by atoms with Gasteiger partial charge in [-0.3, -0.25) is 9.59 Å². The number of rotatable bonds is 15. The molecule has 212 valence electrons. The summed E-state index contributed by atoms with van der Waals surface area (Å²) in [6, 6.07) is 0. The van der Waals surface area contributed by atoms with E-state index >= 15 is 0 Å². The van der Waals surface area contributed by atoms with Crippen LogP contribution in [0.1, 0.15) is 125 Å². The summed E-state index contributed by atoms with van der Waals surface area (Å²) in [6.45, 7) is 13.1. The Labute approximate surface area is 233 Å². The van der Waals surface area contributed by atoms with Crippen LogP contribution in [0.2, 0.25) is 0 Å². The normalized spacial score (nSPS) is 27.8. The highest BCUT2D eigenvalue weighted by Gasteiger charge is 2.56. The monoisotopic (exact) mass is 522 g/mol. The predicted octanol–water partition coefficient (Wildman–Crippen LogP) is 9.49. The number of carbonyl (C=O) groups is 2. The Morgan fingerprint density at radius 1 is 0.737 bits per heavy atom. The molecule has 38 heavy (non-hydrogen) atoms. The van der Waals surface area contributed by atoms with Gasteiger partial charge in [0, 0.05) is 5.41 Å². The van der Waals surface area contributed by atoms with Gasteiger partial charge in [0.2, 0.25) is 0 Å². The minimum absolute atomic E-state index is 0.194. The van der Waals surface area contributed by atoms with Crippen LogP contribution in [0.4, 0.5) is 0 Å². The van der Waals surface area contributed by atoms with Crippen LogP contribution in [0, 0.1) is 29.1 Å². The lowest BCUT2D eigenvalue weighted by atomic mass is 9.47. The van der Waals surface area contributed by atoms with E-state index in [4.69, 9.17) is 4.74 Å². The van der Waals surface area contributed by atoms with Crippen molar-refractivity contribution in [2.75, 3.05) is 6.61 Å². The Morgan fingerprint density at radius 3 is 1.63 bits per heavy atom. The highest BCUT2D eigenvalue weighted by Crippen LogP contribution is 2.61. The fraction of sp³-hybridized carbons (Fsp3) is 0.714. The lowest BCUT2D eigenvalue weighted by Crippen LogP contribution is -2.52. The molecule has 4 rings (SSSR count). The van der Waals surface area contributed by atoms with Crippen LogP contribution in [-0.2, 0) is 14.3 Å². The number of ketones is 1. The molecule has 4 bridgehead atoms. The number of ether oxygens (including phenoxy) is 1. The molecule has 1 unspecified atom stereocenters. The number of esters is 1. The molecule has 0 radical (unpaired) electrons. The van der Waals surface area contributed by atoms with Gasteiger partial charge < -0.3 is 4.74 Å². The maximum absolute atomic E-state index is 13.9. The van der Waals surface area contributed by atoms with E-state index in [2.05, 4.69) is 58.9 Å². The van der Waals surface area contributed by atoms with E-state index in [0.29, 0.717) is 30.8 Å². The van der Waals surface area contributed by atoms with Crippen molar-refractivity contribution in [2.24, 2.45) is 29.1 Å². The van der Waals surface area contributed by atoms with Gasteiger partial charge in [0.05, 0.1) is 6.61 Å². The van der Waals surface area contributed by atoms with Crippen molar-refractivity contribution >= 4 is 11.8 Å². The molecular formula is C35H54O3. The first-order valence-electron chi connectivity index (χ1n) is 15.4. The molecule has 4 aliphatic carbocycles. The fourth-order valence-electron chi connectivity index (χ4n) is 7.64. The largest absolute Gasteiger partial charge is 0.465 e. The molecule has 0 saturated heterocycles. The molecule has 1 atom stereocenters. The van der Waals surface area contributed by atoms with Gasteiger partial charge in [0.15, 0.2) is 5.78 Å². The number of hydrogen-bond donors (Lipinski definition) is 0. The van der Waals surface area contributed by atoms with Crippen LogP contribution in [0.3, 0.4) is 0 Å². The Bertz CT molecular complexity index is 905. The Balaban J connectivity index is 1.50. The number of hydrogen-bond acceptors (Lipinski definition) is 3. The maximum atomic E-state index is 13.9. The summed E-state index contributed by atoms with van der Waals surface area (Å²) < 4.78 is 5.41. The van der Waals surface area contributed by atoms with E-state index in [9.17, 15) is 9.59 Å². The highest BCUT2D eigenvalue weighted by atomic mass is 16.5. The molecule has 0 spiro atoms. The first-order chi connectivity index (χ1) is 18.1. The van der Waals surface area contributed by atoms with Gasteiger partial charge in [-0.2, -0.15) is 0 Å². The zero-order chi connectivity index (χ0) is 27.7. The molecule has 0 aromatic heterocycles. The Morgan fingerprint density at radius 2 is 1.18 bits per heavy atom. The van der Waals surface area contributed by atoms with Gasteiger partial charge >= 0.3 is 5.97 Å². The molecule has 0 amide bonds. The molecule has 3 nitrogen and oxygen atoms in total.